The molecule has 2 aliphatic heterocycles. The molecule has 2 heterocycles. The third-order valence-corrected chi connectivity index (χ3v) is 7.17. The summed E-state index contributed by atoms with van der Waals surface area (Å²) < 4.78 is 10.7. The van der Waals surface area contributed by atoms with E-state index in [0.29, 0.717) is 23.7 Å². The molecule has 8 heteroatoms. The van der Waals surface area contributed by atoms with Crippen molar-refractivity contribution in [2.75, 3.05) is 26.2 Å². The van der Waals surface area contributed by atoms with Crippen molar-refractivity contribution in [2.24, 2.45) is 35.5 Å². The molecule has 0 spiro atoms. The van der Waals surface area contributed by atoms with Crippen LogP contribution >= 0.6 is 0 Å². The lowest BCUT2D eigenvalue weighted by Gasteiger charge is -2.25. The monoisotopic (exact) mass is 472 g/mol. The molecule has 4 fully saturated rings. The largest absolute Gasteiger partial charge is 0.444 e. The molecule has 6 atom stereocenters. The summed E-state index contributed by atoms with van der Waals surface area (Å²) in [5, 5.41) is 17.8. The van der Waals surface area contributed by atoms with Crippen LogP contribution in [0.4, 0.5) is 9.59 Å². The van der Waals surface area contributed by atoms with Crippen molar-refractivity contribution in [2.45, 2.75) is 78.4 Å². The molecular weight excluding hydrogens is 432 g/mol. The molecule has 0 radical (unpaired) electrons. The summed E-state index contributed by atoms with van der Waals surface area (Å²) in [5.74, 6) is 2.43. The highest BCUT2D eigenvalue weighted by Gasteiger charge is 2.44. The Bertz CT molecular complexity index is 749. The van der Waals surface area contributed by atoms with Crippen LogP contribution in [0.15, 0.2) is 0 Å². The maximum absolute atomic E-state index is 11.9. The third-order valence-electron chi connectivity index (χ3n) is 7.17. The number of ether oxygens (including phenoxy) is 2. The molecule has 0 aromatic carbocycles. The van der Waals surface area contributed by atoms with Gasteiger partial charge < -0.3 is 19.3 Å². The zero-order valence-electron chi connectivity index (χ0n) is 21.5. The van der Waals surface area contributed by atoms with E-state index in [9.17, 15) is 9.59 Å². The van der Waals surface area contributed by atoms with Gasteiger partial charge in [0.25, 0.3) is 0 Å². The van der Waals surface area contributed by atoms with E-state index < -0.39 is 11.2 Å². The lowest BCUT2D eigenvalue weighted by atomic mass is 10.0. The van der Waals surface area contributed by atoms with Gasteiger partial charge in [0.2, 0.25) is 0 Å². The van der Waals surface area contributed by atoms with Gasteiger partial charge in [-0.2, -0.15) is 10.5 Å². The highest BCUT2D eigenvalue weighted by Crippen LogP contribution is 2.42. The second-order valence-corrected chi connectivity index (χ2v) is 12.4. The second-order valence-electron chi connectivity index (χ2n) is 12.4. The van der Waals surface area contributed by atoms with Gasteiger partial charge in [-0.3, -0.25) is 0 Å². The normalized spacial score (nSPS) is 32.1. The molecule has 2 saturated carbocycles. The fourth-order valence-corrected chi connectivity index (χ4v) is 5.76. The van der Waals surface area contributed by atoms with Crippen molar-refractivity contribution in [3.8, 4) is 12.1 Å². The van der Waals surface area contributed by atoms with Gasteiger partial charge in [-0.05, 0) is 90.9 Å². The highest BCUT2D eigenvalue weighted by molar-refractivity contribution is 5.69. The minimum Gasteiger partial charge on any atom is -0.444 e. The summed E-state index contributed by atoms with van der Waals surface area (Å²) >= 11 is 0. The Morgan fingerprint density at radius 2 is 0.912 bits per heavy atom. The quantitative estimate of drug-likeness (QED) is 0.501. The summed E-state index contributed by atoms with van der Waals surface area (Å²) in [6.07, 6.45) is 3.36. The van der Waals surface area contributed by atoms with Crippen molar-refractivity contribution >= 4 is 12.2 Å². The lowest BCUT2D eigenvalue weighted by molar-refractivity contribution is 0.0268. The third kappa shape index (κ3) is 6.78. The summed E-state index contributed by atoms with van der Waals surface area (Å²) in [7, 11) is 0. The molecule has 0 aromatic rings. The smallest absolute Gasteiger partial charge is 0.410 e. The first-order valence-electron chi connectivity index (χ1n) is 12.5. The van der Waals surface area contributed by atoms with E-state index >= 15 is 0 Å². The van der Waals surface area contributed by atoms with Crippen molar-refractivity contribution < 1.29 is 19.1 Å². The SMILES string of the molecule is CC(C)(C)OC(=O)N1C[C@H]2CC(C#N)C[C@H]2C1.CC(C)(C)OC(=O)N1C[C@H]2CC(C#N)C[C@H]2C1. The summed E-state index contributed by atoms with van der Waals surface area (Å²) in [6, 6.07) is 4.68. The number of amides is 2. The molecule has 0 bridgehead atoms. The van der Waals surface area contributed by atoms with E-state index in [1.807, 2.05) is 41.5 Å². The highest BCUT2D eigenvalue weighted by atomic mass is 16.6. The van der Waals surface area contributed by atoms with Crippen LogP contribution in [0.5, 0.6) is 0 Å². The van der Waals surface area contributed by atoms with Crippen molar-refractivity contribution in [1.82, 2.24) is 9.80 Å². The number of carbonyl (C=O) groups excluding carboxylic acids is 2. The minimum atomic E-state index is -0.427. The van der Waals surface area contributed by atoms with Gasteiger partial charge in [0.15, 0.2) is 0 Å². The van der Waals surface area contributed by atoms with Crippen LogP contribution in [0.2, 0.25) is 0 Å². The zero-order chi connectivity index (χ0) is 25.3. The van der Waals surface area contributed by atoms with E-state index in [-0.39, 0.29) is 24.0 Å². The van der Waals surface area contributed by atoms with Crippen molar-refractivity contribution in [3.05, 3.63) is 0 Å². The molecule has 188 valence electrons. The molecule has 0 aromatic heterocycles. The van der Waals surface area contributed by atoms with Crippen LogP contribution in [0.1, 0.15) is 67.2 Å². The fraction of sp³-hybridized carbons (Fsp3) is 0.846. The van der Waals surface area contributed by atoms with Crippen LogP contribution in [-0.4, -0.2) is 59.4 Å². The number of carbonyl (C=O) groups is 2. The molecule has 4 aliphatic rings. The molecule has 34 heavy (non-hydrogen) atoms. The van der Waals surface area contributed by atoms with Crippen LogP contribution in [0.25, 0.3) is 0 Å². The van der Waals surface area contributed by atoms with Gasteiger partial charge in [-0.25, -0.2) is 9.59 Å². The Labute approximate surface area is 204 Å². The number of rotatable bonds is 0. The van der Waals surface area contributed by atoms with Crippen LogP contribution < -0.4 is 0 Å². The number of likely N-dealkylation sites (tertiary alicyclic amines) is 2. The topological polar surface area (TPSA) is 107 Å². The summed E-state index contributed by atoms with van der Waals surface area (Å²) in [5.41, 5.74) is -0.853. The fourth-order valence-electron chi connectivity index (χ4n) is 5.76. The Balaban J connectivity index is 0.000000191. The van der Waals surface area contributed by atoms with Gasteiger partial charge >= 0.3 is 12.2 Å². The molecule has 2 saturated heterocycles. The number of nitriles is 2. The second kappa shape index (κ2) is 10.0. The van der Waals surface area contributed by atoms with Gasteiger partial charge in [-0.1, -0.05) is 0 Å². The molecule has 4 rings (SSSR count). The lowest BCUT2D eigenvalue weighted by Crippen LogP contribution is -2.36. The standard InChI is InChI=1S/2C13H20N2O2/c2*1-13(2,3)17-12(16)15-7-10-4-9(6-14)5-11(10)8-15/h2*9-11H,4-5,7-8H2,1-3H3/t2*9?,10-,11+. The van der Waals surface area contributed by atoms with Crippen LogP contribution in [0, 0.1) is 58.2 Å². The number of nitrogens with zero attached hydrogens (tertiary/aromatic N) is 4. The molecular formula is C26H40N4O4. The molecule has 2 unspecified atom stereocenters. The minimum absolute atomic E-state index is 0.200. The average molecular weight is 473 g/mol. The average Bonchev–Trinajstić information content (AvgIpc) is 3.43. The molecule has 8 nitrogen and oxygen atoms in total. The van der Waals surface area contributed by atoms with Crippen LogP contribution in [-0.2, 0) is 9.47 Å². The molecule has 2 aliphatic carbocycles. The Morgan fingerprint density at radius 1 is 0.647 bits per heavy atom. The molecule has 0 N–H and O–H groups in total. The van der Waals surface area contributed by atoms with Gasteiger partial charge in [0, 0.05) is 38.0 Å². The first kappa shape index (κ1) is 26.1. The maximum atomic E-state index is 11.9. The number of hydrogen-bond donors (Lipinski definition) is 0. The van der Waals surface area contributed by atoms with E-state index in [2.05, 4.69) is 12.1 Å². The summed E-state index contributed by atoms with van der Waals surface area (Å²) in [4.78, 5) is 27.4. The number of fused-ring (bicyclic) bond motifs is 2. The van der Waals surface area contributed by atoms with Crippen LogP contribution in [0.3, 0.4) is 0 Å². The van der Waals surface area contributed by atoms with Gasteiger partial charge in [0.1, 0.15) is 11.2 Å². The Morgan fingerprint density at radius 3 is 1.12 bits per heavy atom. The Kier molecular flexibility index (Phi) is 7.70. The van der Waals surface area contributed by atoms with Crippen molar-refractivity contribution in [1.29, 1.82) is 10.5 Å². The van der Waals surface area contributed by atoms with E-state index in [1.165, 1.54) is 0 Å². The number of hydrogen-bond acceptors (Lipinski definition) is 6. The summed E-state index contributed by atoms with van der Waals surface area (Å²) in [6.45, 7) is 14.3. The van der Waals surface area contributed by atoms with E-state index in [4.69, 9.17) is 20.0 Å². The zero-order valence-corrected chi connectivity index (χ0v) is 21.5. The Hall–Kier alpha value is -2.48. The predicted molar refractivity (Wildman–Crippen MR) is 126 cm³/mol. The first-order valence-corrected chi connectivity index (χ1v) is 12.5. The van der Waals surface area contributed by atoms with Gasteiger partial charge in [-0.15, -0.1) is 0 Å². The van der Waals surface area contributed by atoms with E-state index in [1.54, 1.807) is 9.80 Å². The first-order chi connectivity index (χ1) is 15.8. The predicted octanol–water partition coefficient (Wildman–Crippen LogP) is 4.81. The maximum Gasteiger partial charge on any atom is 0.410 e. The van der Waals surface area contributed by atoms with Crippen molar-refractivity contribution in [3.63, 3.8) is 0 Å². The van der Waals surface area contributed by atoms with E-state index in [0.717, 1.165) is 51.9 Å². The molecule has 2 amide bonds. The van der Waals surface area contributed by atoms with Gasteiger partial charge in [0.05, 0.1) is 12.1 Å².